The Bertz CT molecular complexity index is 422. The first kappa shape index (κ1) is 13.0. The molecule has 0 aliphatic carbocycles. The quantitative estimate of drug-likeness (QED) is 0.867. The zero-order valence-electron chi connectivity index (χ0n) is 10.8. The van der Waals surface area contributed by atoms with E-state index in [2.05, 4.69) is 10.00 Å². The minimum absolute atomic E-state index is 0.0505. The van der Waals surface area contributed by atoms with E-state index in [1.54, 1.807) is 10.9 Å². The summed E-state index contributed by atoms with van der Waals surface area (Å²) in [5.74, 6) is -0.913. The summed E-state index contributed by atoms with van der Waals surface area (Å²) < 4.78 is 6.85. The van der Waals surface area contributed by atoms with Crippen molar-refractivity contribution in [3.8, 4) is 0 Å². The van der Waals surface area contributed by atoms with E-state index in [1.807, 2.05) is 13.8 Å². The van der Waals surface area contributed by atoms with Crippen LogP contribution in [0.4, 0.5) is 0 Å². The molecule has 0 amide bonds. The number of hydrogen-bond acceptors (Lipinski definition) is 4. The van der Waals surface area contributed by atoms with Crippen LogP contribution in [0, 0.1) is 0 Å². The first-order valence-electron chi connectivity index (χ1n) is 6.19. The van der Waals surface area contributed by atoms with Gasteiger partial charge in [0.25, 0.3) is 0 Å². The van der Waals surface area contributed by atoms with Gasteiger partial charge in [0.2, 0.25) is 0 Å². The molecule has 0 saturated carbocycles. The van der Waals surface area contributed by atoms with Crippen molar-refractivity contribution in [1.82, 2.24) is 14.7 Å². The van der Waals surface area contributed by atoms with Crippen LogP contribution in [0.5, 0.6) is 0 Å². The lowest BCUT2D eigenvalue weighted by atomic mass is 10.2. The van der Waals surface area contributed by atoms with Crippen LogP contribution in [-0.2, 0) is 11.3 Å². The highest BCUT2D eigenvalue weighted by atomic mass is 16.5. The van der Waals surface area contributed by atoms with Crippen molar-refractivity contribution < 1.29 is 14.6 Å². The van der Waals surface area contributed by atoms with Crippen LogP contribution in [0.3, 0.4) is 0 Å². The Morgan fingerprint density at radius 2 is 2.17 bits per heavy atom. The molecule has 1 aliphatic rings. The summed E-state index contributed by atoms with van der Waals surface area (Å²) in [7, 11) is 0. The van der Waals surface area contributed by atoms with Gasteiger partial charge in [-0.3, -0.25) is 9.58 Å². The summed E-state index contributed by atoms with van der Waals surface area (Å²) in [4.78, 5) is 13.5. The van der Waals surface area contributed by atoms with Crippen molar-refractivity contribution in [2.24, 2.45) is 0 Å². The number of aromatic nitrogens is 2. The van der Waals surface area contributed by atoms with Gasteiger partial charge in [-0.1, -0.05) is 0 Å². The van der Waals surface area contributed by atoms with Gasteiger partial charge in [0.1, 0.15) is 0 Å². The molecule has 1 N–H and O–H groups in total. The van der Waals surface area contributed by atoms with Crippen LogP contribution in [0.1, 0.15) is 35.9 Å². The molecule has 0 bridgehead atoms. The van der Waals surface area contributed by atoms with Crippen molar-refractivity contribution in [2.75, 3.05) is 26.3 Å². The summed E-state index contributed by atoms with van der Waals surface area (Å²) in [6.07, 6.45) is 1.67. The third-order valence-corrected chi connectivity index (χ3v) is 3.06. The predicted octanol–water partition coefficient (Wildman–Crippen LogP) is 0.994. The maximum absolute atomic E-state index is 11.3. The molecule has 1 aliphatic heterocycles. The third kappa shape index (κ3) is 2.70. The summed E-state index contributed by atoms with van der Waals surface area (Å²) in [5.41, 5.74) is 1.08. The highest BCUT2D eigenvalue weighted by Crippen LogP contribution is 2.16. The van der Waals surface area contributed by atoms with E-state index < -0.39 is 5.97 Å². The first-order valence-corrected chi connectivity index (χ1v) is 6.19. The van der Waals surface area contributed by atoms with Crippen molar-refractivity contribution in [1.29, 1.82) is 0 Å². The van der Waals surface area contributed by atoms with Crippen molar-refractivity contribution in [3.63, 3.8) is 0 Å². The zero-order chi connectivity index (χ0) is 13.1. The number of rotatable bonds is 4. The normalized spacial score (nSPS) is 17.3. The van der Waals surface area contributed by atoms with E-state index in [1.165, 1.54) is 0 Å². The van der Waals surface area contributed by atoms with Gasteiger partial charge in [0.05, 0.1) is 19.4 Å². The van der Waals surface area contributed by atoms with E-state index in [9.17, 15) is 9.90 Å². The second-order valence-corrected chi connectivity index (χ2v) is 4.75. The Labute approximate surface area is 106 Å². The molecule has 1 aromatic rings. The molecule has 2 rings (SSSR count). The van der Waals surface area contributed by atoms with E-state index in [0.717, 1.165) is 18.7 Å². The average molecular weight is 253 g/mol. The molecular formula is C12H19N3O3. The van der Waals surface area contributed by atoms with Gasteiger partial charge < -0.3 is 9.84 Å². The molecule has 0 aromatic carbocycles. The van der Waals surface area contributed by atoms with E-state index in [0.29, 0.717) is 25.5 Å². The molecule has 0 spiro atoms. The van der Waals surface area contributed by atoms with Gasteiger partial charge >= 0.3 is 5.97 Å². The first-order chi connectivity index (χ1) is 8.59. The number of morpholine rings is 1. The standard InChI is InChI=1S/C12H19N3O3/c1-9(2)15-11(12(16)17)10(7-13-15)8-14-3-5-18-6-4-14/h7,9H,3-6,8H2,1-2H3,(H,16,17). The number of carboxylic acids is 1. The second kappa shape index (κ2) is 5.49. The van der Waals surface area contributed by atoms with Crippen LogP contribution in [0.2, 0.25) is 0 Å². The molecule has 1 aromatic heterocycles. The summed E-state index contributed by atoms with van der Waals surface area (Å²) in [5, 5.41) is 13.5. The fourth-order valence-electron chi connectivity index (χ4n) is 2.14. The Morgan fingerprint density at radius 3 is 2.72 bits per heavy atom. The third-order valence-electron chi connectivity index (χ3n) is 3.06. The lowest BCUT2D eigenvalue weighted by Gasteiger charge is -2.26. The minimum Gasteiger partial charge on any atom is -0.477 e. The van der Waals surface area contributed by atoms with Gasteiger partial charge in [0.15, 0.2) is 5.69 Å². The van der Waals surface area contributed by atoms with Gasteiger partial charge in [-0.15, -0.1) is 0 Å². The number of hydrogen-bond donors (Lipinski definition) is 1. The van der Waals surface area contributed by atoms with Crippen LogP contribution in [0.25, 0.3) is 0 Å². The lowest BCUT2D eigenvalue weighted by Crippen LogP contribution is -2.36. The number of aromatic carboxylic acids is 1. The Hall–Kier alpha value is -1.40. The molecule has 100 valence electrons. The van der Waals surface area contributed by atoms with Gasteiger partial charge in [-0.2, -0.15) is 5.10 Å². The van der Waals surface area contributed by atoms with Gasteiger partial charge in [-0.05, 0) is 13.8 Å². The molecule has 0 radical (unpaired) electrons. The maximum atomic E-state index is 11.3. The molecule has 18 heavy (non-hydrogen) atoms. The highest BCUT2D eigenvalue weighted by Gasteiger charge is 2.21. The van der Waals surface area contributed by atoms with Crippen LogP contribution in [-0.4, -0.2) is 52.1 Å². The maximum Gasteiger partial charge on any atom is 0.354 e. The minimum atomic E-state index is -0.913. The fourth-order valence-corrected chi connectivity index (χ4v) is 2.14. The molecule has 0 atom stereocenters. The van der Waals surface area contributed by atoms with Crippen LogP contribution < -0.4 is 0 Å². The van der Waals surface area contributed by atoms with E-state index in [-0.39, 0.29) is 6.04 Å². The van der Waals surface area contributed by atoms with Gasteiger partial charge in [-0.25, -0.2) is 4.79 Å². The van der Waals surface area contributed by atoms with E-state index in [4.69, 9.17) is 4.74 Å². The zero-order valence-corrected chi connectivity index (χ0v) is 10.8. The molecule has 6 nitrogen and oxygen atoms in total. The molecule has 0 unspecified atom stereocenters. The van der Waals surface area contributed by atoms with Gasteiger partial charge in [0, 0.05) is 31.2 Å². The Kier molecular flexibility index (Phi) is 3.98. The summed E-state index contributed by atoms with van der Waals surface area (Å²) in [6.45, 7) is 7.58. The van der Waals surface area contributed by atoms with Crippen molar-refractivity contribution in [2.45, 2.75) is 26.4 Å². The topological polar surface area (TPSA) is 67.6 Å². The number of carboxylic acid groups (broad SMARTS) is 1. The smallest absolute Gasteiger partial charge is 0.354 e. The fraction of sp³-hybridized carbons (Fsp3) is 0.667. The average Bonchev–Trinajstić information content (AvgIpc) is 2.74. The lowest BCUT2D eigenvalue weighted by molar-refractivity contribution is 0.0339. The van der Waals surface area contributed by atoms with Crippen molar-refractivity contribution >= 4 is 5.97 Å². The van der Waals surface area contributed by atoms with Crippen molar-refractivity contribution in [3.05, 3.63) is 17.5 Å². The number of nitrogens with zero attached hydrogens (tertiary/aromatic N) is 3. The molecule has 6 heteroatoms. The summed E-state index contributed by atoms with van der Waals surface area (Å²) in [6, 6.07) is 0.0505. The molecular weight excluding hydrogens is 234 g/mol. The second-order valence-electron chi connectivity index (χ2n) is 4.75. The van der Waals surface area contributed by atoms with E-state index >= 15 is 0 Å². The van der Waals surface area contributed by atoms with Crippen LogP contribution >= 0.6 is 0 Å². The van der Waals surface area contributed by atoms with Crippen LogP contribution in [0.15, 0.2) is 6.20 Å². The molecule has 1 saturated heterocycles. The highest BCUT2D eigenvalue weighted by molar-refractivity contribution is 5.87. The number of carbonyl (C=O) groups is 1. The monoisotopic (exact) mass is 253 g/mol. The predicted molar refractivity (Wildman–Crippen MR) is 65.7 cm³/mol. The summed E-state index contributed by atoms with van der Waals surface area (Å²) >= 11 is 0. The molecule has 1 fully saturated rings. The Morgan fingerprint density at radius 1 is 1.50 bits per heavy atom. The Balaban J connectivity index is 2.19. The molecule has 2 heterocycles. The SMILES string of the molecule is CC(C)n1ncc(CN2CCOCC2)c1C(=O)O. The number of ether oxygens (including phenoxy) is 1. The largest absolute Gasteiger partial charge is 0.477 e.